The second-order valence-corrected chi connectivity index (χ2v) is 13.1. The van der Waals surface area contributed by atoms with Gasteiger partial charge in [-0.2, -0.15) is 9.97 Å². The van der Waals surface area contributed by atoms with Crippen LogP contribution < -0.4 is 26.2 Å². The molecule has 0 unspecified atom stereocenters. The number of aliphatic hydroxyl groups is 2. The highest BCUT2D eigenvalue weighted by Crippen LogP contribution is 2.35. The Kier molecular flexibility index (Phi) is 10.4. The summed E-state index contributed by atoms with van der Waals surface area (Å²) in [5.74, 6) is 0.945. The fourth-order valence-corrected chi connectivity index (χ4v) is 7.02. The van der Waals surface area contributed by atoms with Crippen molar-refractivity contribution in [2.75, 3.05) is 37.0 Å². The van der Waals surface area contributed by atoms with Crippen molar-refractivity contribution in [2.24, 2.45) is 0 Å². The Morgan fingerprint density at radius 1 is 0.923 bits per heavy atom. The SMILES string of the molecule is COC(=O)N[C@H]1C[C@@H](n2cnc3c(NCC(c4ccccc4)c4ccccc4)nc(N4CC[C@@H](NC(=O)NCc5ccccn5)C4)nc32)[C@H](O)[C@@H]1O. The van der Waals surface area contributed by atoms with Crippen LogP contribution in [0.1, 0.15) is 41.6 Å². The van der Waals surface area contributed by atoms with Crippen LogP contribution in [-0.4, -0.2) is 97.9 Å². The van der Waals surface area contributed by atoms with Crippen LogP contribution in [0.4, 0.5) is 21.4 Å². The smallest absolute Gasteiger partial charge is 0.407 e. The van der Waals surface area contributed by atoms with E-state index in [0.717, 1.165) is 16.8 Å². The fourth-order valence-electron chi connectivity index (χ4n) is 7.02. The number of hydrogen-bond acceptors (Lipinski definition) is 11. The molecule has 3 aromatic heterocycles. The number of methoxy groups -OCH3 is 1. The molecule has 0 radical (unpaired) electrons. The zero-order chi connectivity index (χ0) is 36.0. The number of fused-ring (bicyclic) bond motifs is 1. The highest BCUT2D eigenvalue weighted by atomic mass is 16.5. The normalized spacial score (nSPS) is 21.3. The summed E-state index contributed by atoms with van der Waals surface area (Å²) < 4.78 is 6.46. The predicted octanol–water partition coefficient (Wildman–Crippen LogP) is 2.93. The summed E-state index contributed by atoms with van der Waals surface area (Å²) in [4.78, 5) is 45.6. The average molecular weight is 707 g/mol. The number of ether oxygens (including phenoxy) is 1. The van der Waals surface area contributed by atoms with Crippen LogP contribution in [0.25, 0.3) is 11.2 Å². The molecular weight excluding hydrogens is 664 g/mol. The maximum absolute atomic E-state index is 12.8. The molecule has 15 nitrogen and oxygen atoms in total. The van der Waals surface area contributed by atoms with Gasteiger partial charge in [-0.25, -0.2) is 14.6 Å². The minimum absolute atomic E-state index is 0.000118. The van der Waals surface area contributed by atoms with Crippen molar-refractivity contribution in [3.8, 4) is 0 Å². The molecule has 52 heavy (non-hydrogen) atoms. The number of anilines is 2. The topological polar surface area (TPSA) is 192 Å². The molecule has 1 aliphatic heterocycles. The number of amides is 3. The third kappa shape index (κ3) is 7.60. The van der Waals surface area contributed by atoms with Crippen LogP contribution in [-0.2, 0) is 11.3 Å². The molecule has 1 saturated heterocycles. The molecule has 7 rings (SSSR count). The van der Waals surface area contributed by atoms with E-state index in [1.54, 1.807) is 17.1 Å². The van der Waals surface area contributed by atoms with Gasteiger partial charge < -0.3 is 45.7 Å². The molecule has 1 aliphatic carbocycles. The maximum Gasteiger partial charge on any atom is 0.407 e. The van der Waals surface area contributed by atoms with Gasteiger partial charge in [-0.3, -0.25) is 4.98 Å². The molecule has 6 N–H and O–H groups in total. The van der Waals surface area contributed by atoms with Crippen molar-refractivity contribution < 1.29 is 24.5 Å². The van der Waals surface area contributed by atoms with Gasteiger partial charge in [-0.15, -0.1) is 0 Å². The molecule has 5 atom stereocenters. The zero-order valence-electron chi connectivity index (χ0n) is 28.7. The molecule has 3 amide bonds. The second kappa shape index (κ2) is 15.6. The number of nitrogens with one attached hydrogen (secondary N) is 4. The quantitative estimate of drug-likeness (QED) is 0.118. The minimum atomic E-state index is -1.23. The Hall–Kier alpha value is -5.80. The number of aromatic nitrogens is 5. The predicted molar refractivity (Wildman–Crippen MR) is 194 cm³/mol. The number of nitrogens with zero attached hydrogens (tertiary/aromatic N) is 6. The maximum atomic E-state index is 12.8. The van der Waals surface area contributed by atoms with E-state index in [1.165, 1.54) is 7.11 Å². The van der Waals surface area contributed by atoms with Crippen LogP contribution in [0, 0.1) is 0 Å². The van der Waals surface area contributed by atoms with Crippen LogP contribution in [0.5, 0.6) is 0 Å². The Morgan fingerprint density at radius 2 is 1.65 bits per heavy atom. The number of carbonyl (C=O) groups excluding carboxylic acids is 2. The van der Waals surface area contributed by atoms with Crippen molar-refractivity contribution in [3.05, 3.63) is 108 Å². The first kappa shape index (κ1) is 34.6. The summed E-state index contributed by atoms with van der Waals surface area (Å²) in [7, 11) is 1.24. The number of carbonyl (C=O) groups is 2. The van der Waals surface area contributed by atoms with Crippen LogP contribution in [0.15, 0.2) is 91.4 Å². The van der Waals surface area contributed by atoms with Crippen LogP contribution in [0.3, 0.4) is 0 Å². The van der Waals surface area contributed by atoms with Crippen LogP contribution in [0.2, 0.25) is 0 Å². The summed E-state index contributed by atoms with van der Waals surface area (Å²) in [6.07, 6.45) is 1.04. The molecule has 15 heteroatoms. The number of benzene rings is 2. The fraction of sp³-hybridized carbons (Fsp3) is 0.351. The number of imidazole rings is 1. The molecule has 2 aliphatic rings. The summed E-state index contributed by atoms with van der Waals surface area (Å²) in [5.41, 5.74) is 4.00. The first-order valence-electron chi connectivity index (χ1n) is 17.4. The second-order valence-electron chi connectivity index (χ2n) is 13.1. The van der Waals surface area contributed by atoms with Crippen molar-refractivity contribution in [2.45, 2.75) is 55.6 Å². The number of alkyl carbamates (subject to hydrolysis) is 1. The van der Waals surface area contributed by atoms with Gasteiger partial charge in [-0.05, 0) is 36.1 Å². The molecule has 4 heterocycles. The van der Waals surface area contributed by atoms with E-state index in [9.17, 15) is 19.8 Å². The van der Waals surface area contributed by atoms with Gasteiger partial charge in [0.1, 0.15) is 12.2 Å². The standard InChI is InChI=1S/C37H42N10O5/c1-52-37(51)43-28-18-29(32(49)31(28)48)47-22-41-30-33(39-20-27(23-10-4-2-5-11-23)24-12-6-3-7-13-24)44-35(45-34(30)47)46-17-15-26(21-46)42-36(50)40-19-25-14-8-9-16-38-25/h2-14,16,22,26-29,31-32,48-49H,15,17-21H2,1H3,(H,43,51)(H,39,44,45)(H2,40,42,50)/t26-,28+,29-,31-,32+/m1/s1. The molecule has 5 aromatic rings. The van der Waals surface area contributed by atoms with E-state index >= 15 is 0 Å². The molecule has 270 valence electrons. The summed E-state index contributed by atoms with van der Waals surface area (Å²) in [6.45, 7) is 1.88. The zero-order valence-corrected chi connectivity index (χ0v) is 28.7. The molecule has 2 aromatic carbocycles. The monoisotopic (exact) mass is 706 g/mol. The van der Waals surface area contributed by atoms with Crippen molar-refractivity contribution in [1.82, 2.24) is 40.5 Å². The third-order valence-corrected chi connectivity index (χ3v) is 9.75. The van der Waals surface area contributed by atoms with Gasteiger partial charge in [-0.1, -0.05) is 66.7 Å². The summed E-state index contributed by atoms with van der Waals surface area (Å²) in [6, 6.07) is 24.2. The number of hydrogen-bond donors (Lipinski definition) is 6. The van der Waals surface area contributed by atoms with E-state index in [0.29, 0.717) is 55.5 Å². The van der Waals surface area contributed by atoms with Gasteiger partial charge >= 0.3 is 12.1 Å². The summed E-state index contributed by atoms with van der Waals surface area (Å²) in [5, 5.41) is 34.1. The van der Waals surface area contributed by atoms with Gasteiger partial charge in [0, 0.05) is 37.8 Å². The van der Waals surface area contributed by atoms with Crippen molar-refractivity contribution in [3.63, 3.8) is 0 Å². The van der Waals surface area contributed by atoms with E-state index in [4.69, 9.17) is 19.7 Å². The largest absolute Gasteiger partial charge is 0.453 e. The van der Waals surface area contributed by atoms with E-state index < -0.39 is 30.4 Å². The van der Waals surface area contributed by atoms with E-state index in [2.05, 4.69) is 50.5 Å². The Bertz CT molecular complexity index is 1930. The lowest BCUT2D eigenvalue weighted by atomic mass is 9.91. The highest BCUT2D eigenvalue weighted by Gasteiger charge is 2.44. The number of rotatable bonds is 11. The minimum Gasteiger partial charge on any atom is -0.453 e. The highest BCUT2D eigenvalue weighted by molar-refractivity contribution is 5.85. The van der Waals surface area contributed by atoms with Gasteiger partial charge in [0.05, 0.1) is 37.8 Å². The Balaban J connectivity index is 1.16. The third-order valence-electron chi connectivity index (χ3n) is 9.75. The lowest BCUT2D eigenvalue weighted by Gasteiger charge is -2.22. The molecule has 2 fully saturated rings. The Morgan fingerprint density at radius 3 is 2.35 bits per heavy atom. The van der Waals surface area contributed by atoms with E-state index in [1.807, 2.05) is 59.5 Å². The Labute approximate surface area is 300 Å². The molecular formula is C37H42N10O5. The van der Waals surface area contributed by atoms with Crippen molar-refractivity contribution in [1.29, 1.82) is 0 Å². The van der Waals surface area contributed by atoms with Crippen molar-refractivity contribution >= 4 is 35.1 Å². The van der Waals surface area contributed by atoms with E-state index in [-0.39, 0.29) is 24.4 Å². The lowest BCUT2D eigenvalue weighted by molar-refractivity contribution is 0.0142. The van der Waals surface area contributed by atoms with Crippen LogP contribution >= 0.6 is 0 Å². The average Bonchev–Trinajstić information content (AvgIpc) is 3.90. The van der Waals surface area contributed by atoms with Gasteiger partial charge in [0.15, 0.2) is 17.0 Å². The number of pyridine rings is 1. The molecule has 0 spiro atoms. The summed E-state index contributed by atoms with van der Waals surface area (Å²) >= 11 is 0. The van der Waals surface area contributed by atoms with Gasteiger partial charge in [0.25, 0.3) is 0 Å². The first-order valence-corrected chi connectivity index (χ1v) is 17.4. The first-order chi connectivity index (χ1) is 25.4. The van der Waals surface area contributed by atoms with Gasteiger partial charge in [0.2, 0.25) is 5.95 Å². The molecule has 1 saturated carbocycles. The number of urea groups is 1. The molecule has 0 bridgehead atoms. The number of aliphatic hydroxyl groups excluding tert-OH is 2. The lowest BCUT2D eigenvalue weighted by Crippen LogP contribution is -2.43.